The minimum absolute atomic E-state index is 0.194. The van der Waals surface area contributed by atoms with Crippen LogP contribution in [0.2, 0.25) is 0 Å². The number of hydrogen-bond acceptors (Lipinski definition) is 6. The molecule has 8 heteroatoms. The molecule has 0 saturated carbocycles. The predicted octanol–water partition coefficient (Wildman–Crippen LogP) is 4.93. The molecular weight excluding hydrogens is 450 g/mol. The van der Waals surface area contributed by atoms with E-state index in [1.165, 1.54) is 16.2 Å². The zero-order valence-corrected chi connectivity index (χ0v) is 19.2. The van der Waals surface area contributed by atoms with Crippen molar-refractivity contribution in [2.24, 2.45) is 0 Å². The van der Waals surface area contributed by atoms with E-state index < -0.39 is 12.6 Å². The summed E-state index contributed by atoms with van der Waals surface area (Å²) >= 11 is 1.32. The standard InChI is InChI=1S/C26H21N3O4S/c1-28(25(31)24-12-6-15-34-24)21-10-4-3-9-19(21)26(32)33-17-23(30)20-16-29(14-7-13-27)22-11-5-2-8-18(20)22/h2-6,8-12,15-16H,7,14,17H2,1H3. The van der Waals surface area contributed by atoms with Crippen LogP contribution >= 0.6 is 11.3 Å². The Morgan fingerprint density at radius 1 is 1.03 bits per heavy atom. The number of rotatable bonds is 8. The molecule has 0 aliphatic heterocycles. The fourth-order valence-corrected chi connectivity index (χ4v) is 4.42. The number of aryl methyl sites for hydroxylation is 1. The lowest BCUT2D eigenvalue weighted by atomic mass is 10.1. The average molecular weight is 472 g/mol. The lowest BCUT2D eigenvalue weighted by Gasteiger charge is -2.19. The summed E-state index contributed by atoms with van der Waals surface area (Å²) in [6, 6.07) is 19.6. The number of esters is 1. The molecule has 0 radical (unpaired) electrons. The molecule has 4 rings (SSSR count). The fourth-order valence-electron chi connectivity index (χ4n) is 3.72. The van der Waals surface area contributed by atoms with Gasteiger partial charge in [0.05, 0.1) is 28.6 Å². The highest BCUT2D eigenvalue weighted by Crippen LogP contribution is 2.25. The first-order valence-electron chi connectivity index (χ1n) is 10.6. The van der Waals surface area contributed by atoms with Crippen LogP contribution < -0.4 is 4.90 Å². The molecule has 0 atom stereocenters. The normalized spacial score (nSPS) is 10.6. The van der Waals surface area contributed by atoms with E-state index in [1.807, 2.05) is 34.2 Å². The molecule has 0 saturated heterocycles. The summed E-state index contributed by atoms with van der Waals surface area (Å²) in [5.74, 6) is -1.28. The lowest BCUT2D eigenvalue weighted by Crippen LogP contribution is -2.27. The molecule has 2 aromatic heterocycles. The van der Waals surface area contributed by atoms with Crippen LogP contribution in [0.4, 0.5) is 5.69 Å². The van der Waals surface area contributed by atoms with E-state index in [2.05, 4.69) is 6.07 Å². The number of hydrogen-bond donors (Lipinski definition) is 0. The number of nitrogens with zero attached hydrogens (tertiary/aromatic N) is 3. The third kappa shape index (κ3) is 4.60. The van der Waals surface area contributed by atoms with Crippen molar-refractivity contribution < 1.29 is 19.1 Å². The van der Waals surface area contributed by atoms with Crippen molar-refractivity contribution in [2.45, 2.75) is 13.0 Å². The van der Waals surface area contributed by atoms with Gasteiger partial charge in [-0.15, -0.1) is 11.3 Å². The van der Waals surface area contributed by atoms with Gasteiger partial charge >= 0.3 is 5.97 Å². The van der Waals surface area contributed by atoms with Crippen LogP contribution in [0, 0.1) is 11.3 Å². The molecule has 0 bridgehead atoms. The van der Waals surface area contributed by atoms with Gasteiger partial charge in [-0.3, -0.25) is 9.59 Å². The number of Topliss-reactive ketones (excluding diaryl/α,β-unsaturated/α-hetero) is 1. The number of para-hydroxylation sites is 2. The third-order valence-electron chi connectivity index (χ3n) is 5.41. The lowest BCUT2D eigenvalue weighted by molar-refractivity contribution is 0.0476. The Hall–Kier alpha value is -4.22. The molecule has 0 N–H and O–H groups in total. The van der Waals surface area contributed by atoms with Gasteiger partial charge in [0.1, 0.15) is 0 Å². The maximum Gasteiger partial charge on any atom is 0.340 e. The van der Waals surface area contributed by atoms with Crippen molar-refractivity contribution in [3.05, 3.63) is 88.2 Å². The Labute approximate surface area is 200 Å². The van der Waals surface area contributed by atoms with E-state index in [1.54, 1.807) is 49.6 Å². The van der Waals surface area contributed by atoms with Gasteiger partial charge in [-0.05, 0) is 29.6 Å². The maximum absolute atomic E-state index is 12.9. The molecule has 7 nitrogen and oxygen atoms in total. The largest absolute Gasteiger partial charge is 0.454 e. The van der Waals surface area contributed by atoms with Gasteiger partial charge < -0.3 is 14.2 Å². The molecule has 0 fully saturated rings. The van der Waals surface area contributed by atoms with Crippen molar-refractivity contribution in [1.29, 1.82) is 5.26 Å². The van der Waals surface area contributed by atoms with Gasteiger partial charge in [-0.1, -0.05) is 36.4 Å². The van der Waals surface area contributed by atoms with Crippen LogP contribution in [-0.2, 0) is 11.3 Å². The zero-order chi connectivity index (χ0) is 24.1. The highest BCUT2D eigenvalue weighted by molar-refractivity contribution is 7.12. The molecule has 4 aromatic rings. The maximum atomic E-state index is 12.9. The summed E-state index contributed by atoms with van der Waals surface area (Å²) in [4.78, 5) is 40.5. The molecule has 34 heavy (non-hydrogen) atoms. The number of ether oxygens (including phenoxy) is 1. The number of aromatic nitrogens is 1. The number of thiophene rings is 1. The fraction of sp³-hybridized carbons (Fsp3) is 0.154. The van der Waals surface area contributed by atoms with Crippen LogP contribution in [-0.4, -0.2) is 35.9 Å². The summed E-state index contributed by atoms with van der Waals surface area (Å²) in [6.45, 7) is 0.0179. The Morgan fingerprint density at radius 3 is 2.56 bits per heavy atom. The second-order valence-corrected chi connectivity index (χ2v) is 8.47. The van der Waals surface area contributed by atoms with E-state index >= 15 is 0 Å². The van der Waals surface area contributed by atoms with Gasteiger partial charge in [0.25, 0.3) is 5.91 Å². The molecular formula is C26H21N3O4S. The van der Waals surface area contributed by atoms with Crippen molar-refractivity contribution in [1.82, 2.24) is 4.57 Å². The summed E-state index contributed by atoms with van der Waals surface area (Å²) in [5, 5.41) is 11.5. The topological polar surface area (TPSA) is 92.4 Å². The molecule has 1 amide bonds. The summed E-state index contributed by atoms with van der Waals surface area (Å²) < 4.78 is 7.21. The number of anilines is 1. The number of carbonyl (C=O) groups excluding carboxylic acids is 3. The Morgan fingerprint density at radius 2 is 1.79 bits per heavy atom. The SMILES string of the molecule is CN(C(=O)c1cccs1)c1ccccc1C(=O)OCC(=O)c1cn(CCC#N)c2ccccc12. The number of ketones is 1. The molecule has 2 aromatic carbocycles. The third-order valence-corrected chi connectivity index (χ3v) is 6.27. The van der Waals surface area contributed by atoms with Gasteiger partial charge in [0, 0.05) is 36.3 Å². The molecule has 0 spiro atoms. The number of nitriles is 1. The molecule has 170 valence electrons. The molecule has 2 heterocycles. The number of benzene rings is 2. The molecule has 0 aliphatic carbocycles. The van der Waals surface area contributed by atoms with Gasteiger partial charge in [-0.2, -0.15) is 5.26 Å². The number of amides is 1. The second-order valence-electron chi connectivity index (χ2n) is 7.52. The minimum atomic E-state index is -0.692. The minimum Gasteiger partial charge on any atom is -0.454 e. The van der Waals surface area contributed by atoms with Crippen LogP contribution in [0.3, 0.4) is 0 Å². The first-order chi connectivity index (χ1) is 16.5. The Kier molecular flexibility index (Phi) is 6.85. The van der Waals surface area contributed by atoms with E-state index in [4.69, 9.17) is 10.00 Å². The van der Waals surface area contributed by atoms with Crippen LogP contribution in [0.25, 0.3) is 10.9 Å². The van der Waals surface area contributed by atoms with Crippen LogP contribution in [0.15, 0.2) is 72.2 Å². The summed E-state index contributed by atoms with van der Waals surface area (Å²) in [5.41, 5.74) is 1.86. The van der Waals surface area contributed by atoms with Crippen molar-refractivity contribution >= 4 is 45.6 Å². The second kappa shape index (κ2) is 10.1. The zero-order valence-electron chi connectivity index (χ0n) is 18.4. The highest BCUT2D eigenvalue weighted by Gasteiger charge is 2.22. The Bertz CT molecular complexity index is 1400. The predicted molar refractivity (Wildman–Crippen MR) is 130 cm³/mol. The monoisotopic (exact) mass is 471 g/mol. The van der Waals surface area contributed by atoms with Gasteiger partial charge in [0.15, 0.2) is 6.61 Å². The van der Waals surface area contributed by atoms with Crippen molar-refractivity contribution in [3.63, 3.8) is 0 Å². The smallest absolute Gasteiger partial charge is 0.340 e. The van der Waals surface area contributed by atoms with Crippen molar-refractivity contribution in [2.75, 3.05) is 18.6 Å². The first-order valence-corrected chi connectivity index (χ1v) is 11.4. The van der Waals surface area contributed by atoms with Crippen LogP contribution in [0.1, 0.15) is 36.8 Å². The van der Waals surface area contributed by atoms with Gasteiger partial charge in [-0.25, -0.2) is 4.79 Å². The Balaban J connectivity index is 1.51. The first kappa shape index (κ1) is 23.0. The van der Waals surface area contributed by atoms with E-state index in [9.17, 15) is 14.4 Å². The average Bonchev–Trinajstić information content (AvgIpc) is 3.53. The van der Waals surface area contributed by atoms with E-state index in [-0.39, 0.29) is 17.3 Å². The highest BCUT2D eigenvalue weighted by atomic mass is 32.1. The van der Waals surface area contributed by atoms with E-state index in [0.29, 0.717) is 29.1 Å². The number of carbonyl (C=O) groups is 3. The molecule has 0 unspecified atom stereocenters. The van der Waals surface area contributed by atoms with E-state index in [0.717, 1.165) is 10.9 Å². The summed E-state index contributed by atoms with van der Waals surface area (Å²) in [6.07, 6.45) is 2.01. The number of fused-ring (bicyclic) bond motifs is 1. The summed E-state index contributed by atoms with van der Waals surface area (Å²) in [7, 11) is 1.59. The quantitative estimate of drug-likeness (QED) is 0.268. The van der Waals surface area contributed by atoms with Crippen LogP contribution in [0.5, 0.6) is 0 Å². The van der Waals surface area contributed by atoms with Gasteiger partial charge in [0.2, 0.25) is 5.78 Å². The molecule has 0 aliphatic rings. The van der Waals surface area contributed by atoms with Crippen molar-refractivity contribution in [3.8, 4) is 6.07 Å².